The molecule has 3 aliphatic rings. The van der Waals surface area contributed by atoms with Gasteiger partial charge < -0.3 is 38.1 Å². The number of thioether (sulfide) groups is 1. The maximum atomic E-state index is 6.14. The van der Waals surface area contributed by atoms with Gasteiger partial charge in [0.15, 0.2) is 28.2 Å². The zero-order valence-electron chi connectivity index (χ0n) is 22.5. The maximum Gasteiger partial charge on any atom is 0.203 e. The first-order valence-corrected chi connectivity index (χ1v) is 13.1. The Morgan fingerprint density at radius 2 is 1.39 bits per heavy atom. The molecule has 3 heterocycles. The fourth-order valence-corrected chi connectivity index (χ4v) is 6.12. The van der Waals surface area contributed by atoms with Crippen molar-refractivity contribution in [2.45, 2.75) is 6.04 Å². The fourth-order valence-electron chi connectivity index (χ4n) is 5.14. The van der Waals surface area contributed by atoms with Crippen molar-refractivity contribution in [3.05, 3.63) is 52.2 Å². The Kier molecular flexibility index (Phi) is 7.62. The number of amidine groups is 1. The van der Waals surface area contributed by atoms with E-state index in [0.717, 1.165) is 45.4 Å². The van der Waals surface area contributed by atoms with Crippen LogP contribution in [0.1, 0.15) is 17.2 Å². The van der Waals surface area contributed by atoms with E-state index >= 15 is 0 Å². The Bertz CT molecular complexity index is 1270. The number of methoxy groups -OCH3 is 6. The van der Waals surface area contributed by atoms with Gasteiger partial charge in [0.05, 0.1) is 67.6 Å². The summed E-state index contributed by atoms with van der Waals surface area (Å²) in [5.41, 5.74) is 4.95. The molecule has 1 atom stereocenters. The number of fused-ring (bicyclic) bond motifs is 1. The van der Waals surface area contributed by atoms with Crippen molar-refractivity contribution in [3.8, 4) is 34.5 Å². The standard InChI is InChI=1S/C28H32N2O7S/c1-31-20-10-16(11-21(32-2)26(20)35-5)9-18-14-37-15-19-24(18)29-28-30(7-8-38-28)25(19)17-12-22(33-3)27(36-6)23(13-17)34-4/h9-13,25H,7-8,14-15H2,1-6H3/b18-9-. The Hall–Kier alpha value is -3.50. The molecule has 2 aromatic rings. The van der Waals surface area contributed by atoms with E-state index in [9.17, 15) is 0 Å². The zero-order valence-corrected chi connectivity index (χ0v) is 23.3. The van der Waals surface area contributed by atoms with Crippen molar-refractivity contribution in [2.75, 3.05) is 68.2 Å². The molecule has 0 aliphatic carbocycles. The van der Waals surface area contributed by atoms with Crippen LogP contribution in [0.25, 0.3) is 6.08 Å². The third-order valence-electron chi connectivity index (χ3n) is 6.81. The Morgan fingerprint density at radius 1 is 0.816 bits per heavy atom. The highest BCUT2D eigenvalue weighted by atomic mass is 32.2. The molecule has 0 radical (unpaired) electrons. The normalized spacial score (nSPS) is 19.5. The number of benzene rings is 2. The van der Waals surface area contributed by atoms with Crippen LogP contribution in [-0.4, -0.2) is 78.2 Å². The van der Waals surface area contributed by atoms with Crippen LogP contribution in [0.3, 0.4) is 0 Å². The molecule has 0 bridgehead atoms. The van der Waals surface area contributed by atoms with Gasteiger partial charge in [0.1, 0.15) is 0 Å². The van der Waals surface area contributed by atoms with E-state index in [2.05, 4.69) is 11.0 Å². The zero-order chi connectivity index (χ0) is 26.8. The summed E-state index contributed by atoms with van der Waals surface area (Å²) in [6, 6.07) is 7.79. The molecule has 0 amide bonds. The molecule has 5 rings (SSSR count). The molecule has 1 fully saturated rings. The van der Waals surface area contributed by atoms with Gasteiger partial charge >= 0.3 is 0 Å². The largest absolute Gasteiger partial charge is 0.493 e. The molecule has 202 valence electrons. The molecule has 0 spiro atoms. The summed E-state index contributed by atoms with van der Waals surface area (Å²) in [5, 5.41) is 1.00. The first-order chi connectivity index (χ1) is 18.6. The van der Waals surface area contributed by atoms with E-state index in [0.29, 0.717) is 47.7 Å². The van der Waals surface area contributed by atoms with Gasteiger partial charge in [-0.15, -0.1) is 0 Å². The van der Waals surface area contributed by atoms with E-state index in [1.807, 2.05) is 24.3 Å². The summed E-state index contributed by atoms with van der Waals surface area (Å²) in [7, 11) is 9.69. The van der Waals surface area contributed by atoms with E-state index in [4.69, 9.17) is 38.2 Å². The summed E-state index contributed by atoms with van der Waals surface area (Å²) in [4.78, 5) is 7.45. The Labute approximate surface area is 227 Å². The predicted octanol–water partition coefficient (Wildman–Crippen LogP) is 4.57. The van der Waals surface area contributed by atoms with Gasteiger partial charge in [-0.1, -0.05) is 11.8 Å². The van der Waals surface area contributed by atoms with Crippen LogP contribution in [0.2, 0.25) is 0 Å². The van der Waals surface area contributed by atoms with Crippen molar-refractivity contribution in [1.82, 2.24) is 4.90 Å². The first-order valence-electron chi connectivity index (χ1n) is 12.2. The Morgan fingerprint density at radius 3 is 1.95 bits per heavy atom. The van der Waals surface area contributed by atoms with Crippen LogP contribution in [0.15, 0.2) is 46.1 Å². The van der Waals surface area contributed by atoms with Gasteiger partial charge in [0.25, 0.3) is 0 Å². The van der Waals surface area contributed by atoms with Crippen LogP contribution < -0.4 is 28.4 Å². The van der Waals surface area contributed by atoms with E-state index < -0.39 is 0 Å². The van der Waals surface area contributed by atoms with Crippen molar-refractivity contribution in [3.63, 3.8) is 0 Å². The van der Waals surface area contributed by atoms with Gasteiger partial charge in [0, 0.05) is 23.4 Å². The predicted molar refractivity (Wildman–Crippen MR) is 147 cm³/mol. The lowest BCUT2D eigenvalue weighted by molar-refractivity contribution is 0.157. The van der Waals surface area contributed by atoms with Crippen LogP contribution in [-0.2, 0) is 4.74 Å². The highest BCUT2D eigenvalue weighted by Gasteiger charge is 2.39. The lowest BCUT2D eigenvalue weighted by Gasteiger charge is -2.38. The van der Waals surface area contributed by atoms with E-state index in [-0.39, 0.29) is 6.04 Å². The summed E-state index contributed by atoms with van der Waals surface area (Å²) in [6.45, 7) is 1.80. The molecule has 9 nitrogen and oxygen atoms in total. The van der Waals surface area contributed by atoms with Gasteiger partial charge in [-0.25, -0.2) is 4.99 Å². The average molecular weight is 541 g/mol. The second-order valence-corrected chi connectivity index (χ2v) is 9.85. The minimum Gasteiger partial charge on any atom is -0.493 e. The van der Waals surface area contributed by atoms with Gasteiger partial charge in [-0.2, -0.15) is 0 Å². The van der Waals surface area contributed by atoms with Crippen LogP contribution in [0.5, 0.6) is 34.5 Å². The van der Waals surface area contributed by atoms with Gasteiger partial charge in [0.2, 0.25) is 11.5 Å². The highest BCUT2D eigenvalue weighted by Crippen LogP contribution is 2.48. The van der Waals surface area contributed by atoms with Crippen molar-refractivity contribution < 1.29 is 33.2 Å². The number of ether oxygens (including phenoxy) is 7. The summed E-state index contributed by atoms with van der Waals surface area (Å²) >= 11 is 1.76. The van der Waals surface area contributed by atoms with Crippen LogP contribution in [0, 0.1) is 0 Å². The Balaban J connectivity index is 1.65. The van der Waals surface area contributed by atoms with Crippen LogP contribution >= 0.6 is 11.8 Å². The molecule has 38 heavy (non-hydrogen) atoms. The average Bonchev–Trinajstić information content (AvgIpc) is 3.43. The fraction of sp³-hybridized carbons (Fsp3) is 0.393. The molecule has 1 saturated heterocycles. The summed E-state index contributed by atoms with van der Waals surface area (Å²) < 4.78 is 39.6. The second kappa shape index (κ2) is 11.1. The highest BCUT2D eigenvalue weighted by molar-refractivity contribution is 8.14. The third kappa shape index (κ3) is 4.52. The first kappa shape index (κ1) is 26.1. The molecular weight excluding hydrogens is 508 g/mol. The summed E-state index contributed by atoms with van der Waals surface area (Å²) in [5.74, 6) is 4.49. The van der Waals surface area contributed by atoms with Gasteiger partial charge in [-0.3, -0.25) is 0 Å². The molecule has 0 N–H and O–H groups in total. The number of aliphatic imine (C=N–C) groups is 1. The van der Waals surface area contributed by atoms with Crippen molar-refractivity contribution in [2.24, 2.45) is 4.99 Å². The third-order valence-corrected chi connectivity index (χ3v) is 7.78. The minimum atomic E-state index is -0.0788. The van der Waals surface area contributed by atoms with Crippen molar-refractivity contribution in [1.29, 1.82) is 0 Å². The SMILES string of the molecule is COc1cc(/C=C2/COCC3=C2N=C2SCCN2C3c2cc(OC)c(OC)c(OC)c2)cc(OC)c1OC. The number of hydrogen-bond acceptors (Lipinski definition) is 10. The molecule has 10 heteroatoms. The van der Waals surface area contributed by atoms with E-state index in [1.54, 1.807) is 54.4 Å². The lowest BCUT2D eigenvalue weighted by Crippen LogP contribution is -2.37. The molecule has 3 aliphatic heterocycles. The van der Waals surface area contributed by atoms with Crippen molar-refractivity contribution >= 4 is 23.0 Å². The molecule has 2 aromatic carbocycles. The maximum absolute atomic E-state index is 6.14. The molecule has 0 saturated carbocycles. The van der Waals surface area contributed by atoms with Gasteiger partial charge in [-0.05, 0) is 41.5 Å². The number of nitrogens with zero attached hydrogens (tertiary/aromatic N) is 2. The summed E-state index contributed by atoms with van der Waals surface area (Å²) in [6.07, 6.45) is 2.07. The van der Waals surface area contributed by atoms with E-state index in [1.165, 1.54) is 0 Å². The monoisotopic (exact) mass is 540 g/mol. The molecule has 1 unspecified atom stereocenters. The second-order valence-electron chi connectivity index (χ2n) is 8.79. The lowest BCUT2D eigenvalue weighted by atomic mass is 9.90. The number of rotatable bonds is 8. The molecule has 0 aromatic heterocycles. The smallest absolute Gasteiger partial charge is 0.203 e. The quantitative estimate of drug-likeness (QED) is 0.479. The number of hydrogen-bond donors (Lipinski definition) is 0. The molecular formula is C28H32N2O7S. The van der Waals surface area contributed by atoms with Crippen LogP contribution in [0.4, 0.5) is 0 Å². The topological polar surface area (TPSA) is 80.2 Å². The minimum absolute atomic E-state index is 0.0788.